The van der Waals surface area contributed by atoms with Gasteiger partial charge in [-0.05, 0) is 12.8 Å². The third-order valence-corrected chi connectivity index (χ3v) is 5.19. The maximum atomic E-state index is 11.9. The smallest absolute Gasteiger partial charge is 0.236 e. The lowest BCUT2D eigenvalue weighted by molar-refractivity contribution is -0.134. The van der Waals surface area contributed by atoms with Crippen LogP contribution in [0.3, 0.4) is 0 Å². The number of hydrogen-bond donors (Lipinski definition) is 1. The van der Waals surface area contributed by atoms with Crippen molar-refractivity contribution in [2.75, 3.05) is 44.4 Å². The molecule has 2 aliphatic heterocycles. The highest BCUT2D eigenvalue weighted by molar-refractivity contribution is 7.91. The number of ether oxygens (including phenoxy) is 1. The lowest BCUT2D eigenvalue weighted by atomic mass is 10.2. The molecule has 1 unspecified atom stereocenters. The summed E-state index contributed by atoms with van der Waals surface area (Å²) in [6.07, 6.45) is 1.52. The van der Waals surface area contributed by atoms with Crippen LogP contribution in [0.15, 0.2) is 0 Å². The molecule has 104 valence electrons. The number of morpholine rings is 1. The Labute approximate surface area is 108 Å². The molecule has 0 bridgehead atoms. The summed E-state index contributed by atoms with van der Waals surface area (Å²) < 4.78 is 28.1. The molecular weight excluding hydrogens is 256 g/mol. The zero-order chi connectivity index (χ0) is 13.0. The molecule has 0 aromatic heterocycles. The summed E-state index contributed by atoms with van der Waals surface area (Å²) in [7, 11) is -2.91. The molecule has 0 saturated carbocycles. The summed E-state index contributed by atoms with van der Waals surface area (Å²) in [5.41, 5.74) is 0. The van der Waals surface area contributed by atoms with Crippen LogP contribution in [0.2, 0.25) is 0 Å². The fourth-order valence-electron chi connectivity index (χ4n) is 2.34. The lowest BCUT2D eigenvalue weighted by Crippen LogP contribution is -2.48. The van der Waals surface area contributed by atoms with E-state index in [2.05, 4.69) is 5.32 Å². The lowest BCUT2D eigenvalue weighted by Gasteiger charge is -2.28. The van der Waals surface area contributed by atoms with Crippen LogP contribution in [0, 0.1) is 0 Å². The van der Waals surface area contributed by atoms with E-state index < -0.39 is 9.84 Å². The molecule has 0 radical (unpaired) electrons. The third kappa shape index (κ3) is 3.93. The molecule has 7 heteroatoms. The standard InChI is InChI=1S/C11H20N2O4S/c14-11(13-3-5-17-6-4-13)8-12-10-2-1-7-18(15,16)9-10/h10,12H,1-9H2. The van der Waals surface area contributed by atoms with E-state index in [1.54, 1.807) is 4.90 Å². The van der Waals surface area contributed by atoms with Crippen molar-refractivity contribution in [2.24, 2.45) is 0 Å². The SMILES string of the molecule is O=C(CNC1CCCS(=O)(=O)C1)N1CCOCC1. The zero-order valence-corrected chi connectivity index (χ0v) is 11.2. The summed E-state index contributed by atoms with van der Waals surface area (Å²) in [6.45, 7) is 2.65. The van der Waals surface area contributed by atoms with Crippen molar-refractivity contribution in [3.8, 4) is 0 Å². The van der Waals surface area contributed by atoms with Gasteiger partial charge in [0.1, 0.15) is 0 Å². The normalized spacial score (nSPS) is 28.0. The van der Waals surface area contributed by atoms with Gasteiger partial charge in [0, 0.05) is 19.1 Å². The maximum absolute atomic E-state index is 11.9. The predicted octanol–water partition coefficient (Wildman–Crippen LogP) is -0.988. The Morgan fingerprint density at radius 2 is 2.06 bits per heavy atom. The van der Waals surface area contributed by atoms with Crippen molar-refractivity contribution in [3.05, 3.63) is 0 Å². The van der Waals surface area contributed by atoms with E-state index in [-0.39, 0.29) is 30.0 Å². The van der Waals surface area contributed by atoms with Crippen LogP contribution < -0.4 is 5.32 Å². The highest BCUT2D eigenvalue weighted by atomic mass is 32.2. The van der Waals surface area contributed by atoms with Gasteiger partial charge in [0.05, 0.1) is 31.3 Å². The largest absolute Gasteiger partial charge is 0.378 e. The number of nitrogens with zero attached hydrogens (tertiary/aromatic N) is 1. The first kappa shape index (κ1) is 13.8. The second-order valence-electron chi connectivity index (χ2n) is 4.83. The van der Waals surface area contributed by atoms with E-state index >= 15 is 0 Å². The summed E-state index contributed by atoms with van der Waals surface area (Å²) in [5, 5.41) is 3.06. The molecule has 0 aliphatic carbocycles. The predicted molar refractivity (Wildman–Crippen MR) is 67.1 cm³/mol. The molecular formula is C11H20N2O4S. The molecule has 2 aliphatic rings. The van der Waals surface area contributed by atoms with Crippen molar-refractivity contribution >= 4 is 15.7 Å². The van der Waals surface area contributed by atoms with Crippen molar-refractivity contribution in [2.45, 2.75) is 18.9 Å². The molecule has 0 aromatic carbocycles. The van der Waals surface area contributed by atoms with E-state index in [0.29, 0.717) is 32.7 Å². The summed E-state index contributed by atoms with van der Waals surface area (Å²) in [4.78, 5) is 13.6. The Kier molecular flexibility index (Phi) is 4.58. The monoisotopic (exact) mass is 276 g/mol. The Morgan fingerprint density at radius 3 is 2.72 bits per heavy atom. The van der Waals surface area contributed by atoms with E-state index in [9.17, 15) is 13.2 Å². The van der Waals surface area contributed by atoms with Gasteiger partial charge in [0.2, 0.25) is 5.91 Å². The number of carbonyl (C=O) groups excluding carboxylic acids is 1. The van der Waals surface area contributed by atoms with Gasteiger partial charge < -0.3 is 15.0 Å². The van der Waals surface area contributed by atoms with E-state index in [4.69, 9.17) is 4.74 Å². The van der Waals surface area contributed by atoms with Gasteiger partial charge in [0.25, 0.3) is 0 Å². The van der Waals surface area contributed by atoms with E-state index in [1.807, 2.05) is 0 Å². The van der Waals surface area contributed by atoms with Crippen molar-refractivity contribution in [1.29, 1.82) is 0 Å². The third-order valence-electron chi connectivity index (χ3n) is 3.37. The minimum Gasteiger partial charge on any atom is -0.378 e. The number of nitrogens with one attached hydrogen (secondary N) is 1. The molecule has 2 fully saturated rings. The van der Waals surface area contributed by atoms with Gasteiger partial charge in [-0.2, -0.15) is 0 Å². The van der Waals surface area contributed by atoms with Crippen LogP contribution in [-0.2, 0) is 19.4 Å². The minimum absolute atomic E-state index is 0.0290. The topological polar surface area (TPSA) is 75.7 Å². The maximum Gasteiger partial charge on any atom is 0.236 e. The first-order chi connectivity index (χ1) is 8.57. The van der Waals surface area contributed by atoms with Crippen LogP contribution in [0.4, 0.5) is 0 Å². The average molecular weight is 276 g/mol. The number of sulfone groups is 1. The van der Waals surface area contributed by atoms with Crippen molar-refractivity contribution in [3.63, 3.8) is 0 Å². The van der Waals surface area contributed by atoms with Crippen LogP contribution in [-0.4, -0.2) is 69.6 Å². The van der Waals surface area contributed by atoms with Gasteiger partial charge >= 0.3 is 0 Å². The van der Waals surface area contributed by atoms with Crippen molar-refractivity contribution in [1.82, 2.24) is 10.2 Å². The first-order valence-corrected chi connectivity index (χ1v) is 8.18. The molecule has 6 nitrogen and oxygen atoms in total. The molecule has 1 amide bonds. The second kappa shape index (κ2) is 5.99. The molecule has 2 saturated heterocycles. The molecule has 18 heavy (non-hydrogen) atoms. The first-order valence-electron chi connectivity index (χ1n) is 6.36. The number of rotatable bonds is 3. The Bertz CT molecular complexity index is 390. The number of amides is 1. The Balaban J connectivity index is 1.75. The Morgan fingerprint density at radius 1 is 1.33 bits per heavy atom. The zero-order valence-electron chi connectivity index (χ0n) is 10.4. The van der Waals surface area contributed by atoms with E-state index in [1.165, 1.54) is 0 Å². The molecule has 1 atom stereocenters. The highest BCUT2D eigenvalue weighted by Crippen LogP contribution is 2.11. The number of hydrogen-bond acceptors (Lipinski definition) is 5. The fraction of sp³-hybridized carbons (Fsp3) is 0.909. The molecule has 0 aromatic rings. The van der Waals surface area contributed by atoms with Crippen LogP contribution >= 0.6 is 0 Å². The molecule has 2 rings (SSSR count). The molecule has 1 N–H and O–H groups in total. The Hall–Kier alpha value is -0.660. The van der Waals surface area contributed by atoms with Crippen LogP contribution in [0.5, 0.6) is 0 Å². The minimum atomic E-state index is -2.91. The van der Waals surface area contributed by atoms with Gasteiger partial charge in [0.15, 0.2) is 9.84 Å². The van der Waals surface area contributed by atoms with Gasteiger partial charge in [-0.15, -0.1) is 0 Å². The summed E-state index contributed by atoms with van der Waals surface area (Å²) >= 11 is 0. The van der Waals surface area contributed by atoms with Gasteiger partial charge in [-0.1, -0.05) is 0 Å². The quantitative estimate of drug-likeness (QED) is 0.716. The summed E-state index contributed by atoms with van der Waals surface area (Å²) in [6, 6.07) is -0.0752. The van der Waals surface area contributed by atoms with Gasteiger partial charge in [-0.3, -0.25) is 4.79 Å². The van der Waals surface area contributed by atoms with Crippen molar-refractivity contribution < 1.29 is 17.9 Å². The molecule has 2 heterocycles. The highest BCUT2D eigenvalue weighted by Gasteiger charge is 2.25. The molecule has 0 spiro atoms. The van der Waals surface area contributed by atoms with Crippen LogP contribution in [0.1, 0.15) is 12.8 Å². The van der Waals surface area contributed by atoms with E-state index in [0.717, 1.165) is 6.42 Å². The summed E-state index contributed by atoms with van der Waals surface area (Å²) in [5.74, 6) is 0.465. The number of carbonyl (C=O) groups is 1. The fourth-order valence-corrected chi connectivity index (χ4v) is 4.01. The van der Waals surface area contributed by atoms with Crippen LogP contribution in [0.25, 0.3) is 0 Å². The second-order valence-corrected chi connectivity index (χ2v) is 7.06. The van der Waals surface area contributed by atoms with Gasteiger partial charge in [-0.25, -0.2) is 8.42 Å². The average Bonchev–Trinajstić information content (AvgIpc) is 2.36.